The van der Waals surface area contributed by atoms with Gasteiger partial charge in [-0.15, -0.1) is 0 Å². The molecule has 70 valence electrons. The summed E-state index contributed by atoms with van der Waals surface area (Å²) in [6, 6.07) is 11.6. The Morgan fingerprint density at radius 2 is 1.93 bits per heavy atom. The summed E-state index contributed by atoms with van der Waals surface area (Å²) in [4.78, 5) is 4.16. The summed E-state index contributed by atoms with van der Waals surface area (Å²) in [5.74, 6) is 0. The molecular formula is C11H7BrClN. The van der Waals surface area contributed by atoms with Crippen LogP contribution in [-0.4, -0.2) is 4.98 Å². The lowest BCUT2D eigenvalue weighted by Crippen LogP contribution is -1.80. The number of benzene rings is 1. The van der Waals surface area contributed by atoms with E-state index in [-0.39, 0.29) is 0 Å². The van der Waals surface area contributed by atoms with Gasteiger partial charge in [0, 0.05) is 16.8 Å². The van der Waals surface area contributed by atoms with E-state index >= 15 is 0 Å². The van der Waals surface area contributed by atoms with E-state index in [4.69, 9.17) is 11.6 Å². The van der Waals surface area contributed by atoms with Crippen LogP contribution in [0.3, 0.4) is 0 Å². The van der Waals surface area contributed by atoms with Gasteiger partial charge in [-0.25, -0.2) is 4.98 Å². The van der Waals surface area contributed by atoms with Crippen molar-refractivity contribution in [1.82, 2.24) is 4.98 Å². The van der Waals surface area contributed by atoms with Crippen molar-refractivity contribution in [2.45, 2.75) is 0 Å². The van der Waals surface area contributed by atoms with E-state index < -0.39 is 0 Å². The molecule has 0 saturated heterocycles. The summed E-state index contributed by atoms with van der Waals surface area (Å²) < 4.78 is 0.836. The summed E-state index contributed by atoms with van der Waals surface area (Å²) in [7, 11) is 0. The molecular weight excluding hydrogens is 261 g/mol. The van der Waals surface area contributed by atoms with Gasteiger partial charge in [-0.2, -0.15) is 0 Å². The minimum Gasteiger partial charge on any atom is -0.249 e. The van der Waals surface area contributed by atoms with Crippen LogP contribution in [0.4, 0.5) is 0 Å². The molecule has 0 bridgehead atoms. The first-order valence-corrected chi connectivity index (χ1v) is 5.30. The highest BCUT2D eigenvalue weighted by atomic mass is 79.9. The van der Waals surface area contributed by atoms with E-state index in [2.05, 4.69) is 20.9 Å². The summed E-state index contributed by atoms with van der Waals surface area (Å²) in [5.41, 5.74) is 2.15. The van der Waals surface area contributed by atoms with Crippen LogP contribution in [0.1, 0.15) is 0 Å². The Bertz CT molecular complexity index is 439. The average Bonchev–Trinajstić information content (AvgIpc) is 2.19. The van der Waals surface area contributed by atoms with E-state index in [1.807, 2.05) is 42.6 Å². The quantitative estimate of drug-likeness (QED) is 0.708. The fourth-order valence-electron chi connectivity index (χ4n) is 1.21. The van der Waals surface area contributed by atoms with Crippen LogP contribution >= 0.6 is 27.5 Å². The molecule has 0 fully saturated rings. The third-order valence-corrected chi connectivity index (χ3v) is 2.59. The first kappa shape index (κ1) is 9.69. The molecule has 1 aromatic carbocycles. The predicted octanol–water partition coefficient (Wildman–Crippen LogP) is 4.16. The Morgan fingerprint density at radius 3 is 2.57 bits per heavy atom. The second-order valence-electron chi connectivity index (χ2n) is 2.88. The molecule has 0 spiro atoms. The molecule has 0 N–H and O–H groups in total. The number of aromatic nitrogens is 1. The van der Waals surface area contributed by atoms with Crippen LogP contribution in [0.2, 0.25) is 5.02 Å². The number of rotatable bonds is 1. The highest BCUT2D eigenvalue weighted by molar-refractivity contribution is 9.10. The Balaban J connectivity index is 2.44. The topological polar surface area (TPSA) is 12.9 Å². The molecule has 0 amide bonds. The Hall–Kier alpha value is -0.860. The van der Waals surface area contributed by atoms with Crippen molar-refractivity contribution >= 4 is 27.5 Å². The first-order valence-electron chi connectivity index (χ1n) is 4.13. The number of hydrogen-bond donors (Lipinski definition) is 0. The molecule has 1 heterocycles. The molecule has 0 saturated carbocycles. The molecule has 0 unspecified atom stereocenters. The Morgan fingerprint density at radius 1 is 1.07 bits per heavy atom. The fraction of sp³-hybridized carbons (Fsp3) is 0. The number of pyridine rings is 1. The second-order valence-corrected chi connectivity index (χ2v) is 4.13. The van der Waals surface area contributed by atoms with Crippen molar-refractivity contribution in [1.29, 1.82) is 0 Å². The van der Waals surface area contributed by atoms with Gasteiger partial charge in [0.05, 0.1) is 0 Å². The SMILES string of the molecule is Clc1cccc(-c2ccc(Br)nc2)c1. The second kappa shape index (κ2) is 4.11. The van der Waals surface area contributed by atoms with Crippen LogP contribution in [0.5, 0.6) is 0 Å². The van der Waals surface area contributed by atoms with Gasteiger partial charge in [0.1, 0.15) is 4.60 Å². The monoisotopic (exact) mass is 267 g/mol. The maximum atomic E-state index is 5.90. The summed E-state index contributed by atoms with van der Waals surface area (Å²) in [5, 5.41) is 0.741. The number of nitrogens with zero attached hydrogens (tertiary/aromatic N) is 1. The fourth-order valence-corrected chi connectivity index (χ4v) is 1.64. The van der Waals surface area contributed by atoms with Crippen LogP contribution < -0.4 is 0 Å². The lowest BCUT2D eigenvalue weighted by atomic mass is 10.1. The van der Waals surface area contributed by atoms with Gasteiger partial charge in [-0.1, -0.05) is 29.8 Å². The maximum Gasteiger partial charge on any atom is 0.106 e. The zero-order valence-corrected chi connectivity index (χ0v) is 9.59. The van der Waals surface area contributed by atoms with Crippen LogP contribution in [0, 0.1) is 0 Å². The minimum atomic E-state index is 0.741. The first-order chi connectivity index (χ1) is 6.75. The molecule has 2 aromatic rings. The van der Waals surface area contributed by atoms with E-state index in [0.29, 0.717) is 0 Å². The maximum absolute atomic E-state index is 5.90. The van der Waals surface area contributed by atoms with E-state index in [1.54, 1.807) is 0 Å². The predicted molar refractivity (Wildman–Crippen MR) is 62.4 cm³/mol. The van der Waals surface area contributed by atoms with Crippen LogP contribution in [-0.2, 0) is 0 Å². The third-order valence-electron chi connectivity index (χ3n) is 1.89. The number of halogens is 2. The van der Waals surface area contributed by atoms with Crippen molar-refractivity contribution < 1.29 is 0 Å². The molecule has 0 aliphatic rings. The zero-order chi connectivity index (χ0) is 9.97. The smallest absolute Gasteiger partial charge is 0.106 e. The third kappa shape index (κ3) is 2.14. The highest BCUT2D eigenvalue weighted by Gasteiger charge is 1.98. The molecule has 0 radical (unpaired) electrons. The van der Waals surface area contributed by atoms with Crippen LogP contribution in [0.15, 0.2) is 47.2 Å². The molecule has 0 atom stereocenters. The minimum absolute atomic E-state index is 0.741. The van der Waals surface area contributed by atoms with Gasteiger partial charge in [-0.05, 0) is 39.7 Å². The molecule has 0 aliphatic heterocycles. The Kier molecular flexibility index (Phi) is 2.85. The Labute approximate surface area is 95.9 Å². The molecule has 0 aliphatic carbocycles. The van der Waals surface area contributed by atoms with Gasteiger partial charge in [0.25, 0.3) is 0 Å². The zero-order valence-electron chi connectivity index (χ0n) is 7.24. The van der Waals surface area contributed by atoms with Crippen molar-refractivity contribution in [2.24, 2.45) is 0 Å². The lowest BCUT2D eigenvalue weighted by Gasteiger charge is -2.01. The molecule has 14 heavy (non-hydrogen) atoms. The molecule has 1 nitrogen and oxygen atoms in total. The average molecular weight is 269 g/mol. The van der Waals surface area contributed by atoms with Gasteiger partial charge in [0.2, 0.25) is 0 Å². The molecule has 1 aromatic heterocycles. The van der Waals surface area contributed by atoms with Crippen molar-refractivity contribution in [3.8, 4) is 11.1 Å². The van der Waals surface area contributed by atoms with Gasteiger partial charge in [0.15, 0.2) is 0 Å². The molecule has 3 heteroatoms. The normalized spacial score (nSPS) is 10.1. The van der Waals surface area contributed by atoms with Gasteiger partial charge in [-0.3, -0.25) is 0 Å². The van der Waals surface area contributed by atoms with E-state index in [0.717, 1.165) is 20.8 Å². The van der Waals surface area contributed by atoms with E-state index in [1.165, 1.54) is 0 Å². The standard InChI is InChI=1S/C11H7BrClN/c12-11-5-4-9(7-14-11)8-2-1-3-10(13)6-8/h1-7H. The van der Waals surface area contributed by atoms with Crippen molar-refractivity contribution in [3.05, 3.63) is 52.2 Å². The summed E-state index contributed by atoms with van der Waals surface area (Å²) in [6.07, 6.45) is 1.82. The highest BCUT2D eigenvalue weighted by Crippen LogP contribution is 2.22. The summed E-state index contributed by atoms with van der Waals surface area (Å²) >= 11 is 9.19. The van der Waals surface area contributed by atoms with Crippen molar-refractivity contribution in [2.75, 3.05) is 0 Å². The van der Waals surface area contributed by atoms with Crippen LogP contribution in [0.25, 0.3) is 11.1 Å². The van der Waals surface area contributed by atoms with Gasteiger partial charge >= 0.3 is 0 Å². The van der Waals surface area contributed by atoms with Crippen molar-refractivity contribution in [3.63, 3.8) is 0 Å². The molecule has 2 rings (SSSR count). The van der Waals surface area contributed by atoms with Gasteiger partial charge < -0.3 is 0 Å². The largest absolute Gasteiger partial charge is 0.249 e. The lowest BCUT2D eigenvalue weighted by molar-refractivity contribution is 1.28. The summed E-state index contributed by atoms with van der Waals surface area (Å²) in [6.45, 7) is 0. The van der Waals surface area contributed by atoms with E-state index in [9.17, 15) is 0 Å². The number of hydrogen-bond acceptors (Lipinski definition) is 1.